The van der Waals surface area contributed by atoms with Crippen LogP contribution in [0.2, 0.25) is 0 Å². The SMILES string of the molecule is N=C(N)c1ccc2cc(C(=O)N3CC[C@H](F)C3)n(Cc3ccc(C(N)=O)cc3)c2c1. The lowest BCUT2D eigenvalue weighted by molar-refractivity contribution is 0.0773. The number of halogens is 1. The van der Waals surface area contributed by atoms with E-state index in [1.165, 1.54) is 4.90 Å². The molecule has 3 aromatic rings. The third kappa shape index (κ3) is 3.63. The highest BCUT2D eigenvalue weighted by atomic mass is 19.1. The molecular weight excluding hydrogens is 385 g/mol. The van der Waals surface area contributed by atoms with E-state index in [0.29, 0.717) is 36.3 Å². The zero-order valence-corrected chi connectivity index (χ0v) is 16.3. The second-order valence-corrected chi connectivity index (χ2v) is 7.50. The van der Waals surface area contributed by atoms with Crippen LogP contribution in [-0.4, -0.2) is 46.4 Å². The number of aromatic nitrogens is 1. The minimum atomic E-state index is -1.00. The van der Waals surface area contributed by atoms with E-state index >= 15 is 0 Å². The number of amidine groups is 1. The minimum Gasteiger partial charge on any atom is -0.384 e. The molecule has 0 saturated carbocycles. The van der Waals surface area contributed by atoms with Crippen molar-refractivity contribution >= 4 is 28.6 Å². The number of nitrogens with two attached hydrogens (primary N) is 2. The highest BCUT2D eigenvalue weighted by Gasteiger charge is 2.29. The average molecular weight is 407 g/mol. The molecule has 2 heterocycles. The van der Waals surface area contributed by atoms with Crippen LogP contribution in [0.25, 0.3) is 10.9 Å². The number of primary amides is 1. The number of nitrogens with one attached hydrogen (secondary N) is 1. The van der Waals surface area contributed by atoms with Crippen molar-refractivity contribution in [2.24, 2.45) is 11.5 Å². The number of nitrogen functional groups attached to an aromatic ring is 1. The van der Waals surface area contributed by atoms with E-state index in [0.717, 1.165) is 16.5 Å². The van der Waals surface area contributed by atoms with Crippen molar-refractivity contribution < 1.29 is 14.0 Å². The highest BCUT2D eigenvalue weighted by Crippen LogP contribution is 2.26. The molecule has 7 nitrogen and oxygen atoms in total. The first-order valence-electron chi connectivity index (χ1n) is 9.63. The smallest absolute Gasteiger partial charge is 0.270 e. The maximum Gasteiger partial charge on any atom is 0.270 e. The molecular formula is C22H22FN5O2. The van der Waals surface area contributed by atoms with E-state index < -0.39 is 12.1 Å². The summed E-state index contributed by atoms with van der Waals surface area (Å²) in [7, 11) is 0. The minimum absolute atomic E-state index is 0.0665. The van der Waals surface area contributed by atoms with Gasteiger partial charge in [0.2, 0.25) is 5.91 Å². The molecule has 30 heavy (non-hydrogen) atoms. The second-order valence-electron chi connectivity index (χ2n) is 7.50. The van der Waals surface area contributed by atoms with Gasteiger partial charge in [-0.25, -0.2) is 4.39 Å². The van der Waals surface area contributed by atoms with Gasteiger partial charge in [-0.3, -0.25) is 15.0 Å². The number of hydrogen-bond acceptors (Lipinski definition) is 3. The molecule has 4 rings (SSSR count). The van der Waals surface area contributed by atoms with Gasteiger partial charge in [-0.05, 0) is 36.2 Å². The van der Waals surface area contributed by atoms with Gasteiger partial charge in [0.25, 0.3) is 5.91 Å². The molecule has 1 aromatic heterocycles. The van der Waals surface area contributed by atoms with E-state index in [9.17, 15) is 14.0 Å². The Hall–Kier alpha value is -3.68. The number of fused-ring (bicyclic) bond motifs is 1. The van der Waals surface area contributed by atoms with Crippen LogP contribution < -0.4 is 11.5 Å². The lowest BCUT2D eigenvalue weighted by Gasteiger charge is -2.18. The van der Waals surface area contributed by atoms with Gasteiger partial charge in [0.15, 0.2) is 0 Å². The number of nitrogens with zero attached hydrogens (tertiary/aromatic N) is 2. The third-order valence-electron chi connectivity index (χ3n) is 5.43. The molecule has 2 amide bonds. The van der Waals surface area contributed by atoms with Crippen LogP contribution in [0.3, 0.4) is 0 Å². The maximum atomic E-state index is 13.7. The summed E-state index contributed by atoms with van der Waals surface area (Å²) in [6.07, 6.45) is -0.660. The monoisotopic (exact) mass is 407 g/mol. The van der Waals surface area contributed by atoms with Crippen LogP contribution in [-0.2, 0) is 6.54 Å². The Morgan fingerprint density at radius 1 is 1.07 bits per heavy atom. The lowest BCUT2D eigenvalue weighted by atomic mass is 10.1. The topological polar surface area (TPSA) is 118 Å². The third-order valence-corrected chi connectivity index (χ3v) is 5.43. The number of alkyl halides is 1. The molecule has 0 radical (unpaired) electrons. The number of amides is 2. The Labute approximate surface area is 172 Å². The highest BCUT2D eigenvalue weighted by molar-refractivity contribution is 6.02. The number of carbonyl (C=O) groups is 2. The number of likely N-dealkylation sites (tertiary alicyclic amines) is 1. The number of carbonyl (C=O) groups excluding carboxylic acids is 2. The summed E-state index contributed by atoms with van der Waals surface area (Å²) in [5, 5.41) is 8.55. The van der Waals surface area contributed by atoms with E-state index in [-0.39, 0.29) is 18.3 Å². The summed E-state index contributed by atoms with van der Waals surface area (Å²) in [4.78, 5) is 26.0. The molecule has 2 aromatic carbocycles. The molecule has 1 aliphatic rings. The summed E-state index contributed by atoms with van der Waals surface area (Å²) in [5.74, 6) is -0.808. The first-order valence-corrected chi connectivity index (χ1v) is 9.63. The summed E-state index contributed by atoms with van der Waals surface area (Å²) in [6, 6.07) is 13.9. The molecule has 1 saturated heterocycles. The van der Waals surface area contributed by atoms with E-state index in [2.05, 4.69) is 0 Å². The number of benzene rings is 2. The van der Waals surface area contributed by atoms with Gasteiger partial charge in [0.1, 0.15) is 17.7 Å². The van der Waals surface area contributed by atoms with Crippen molar-refractivity contribution in [3.63, 3.8) is 0 Å². The fraction of sp³-hybridized carbons (Fsp3) is 0.227. The zero-order chi connectivity index (χ0) is 21.4. The Balaban J connectivity index is 1.79. The van der Waals surface area contributed by atoms with Gasteiger partial charge in [-0.15, -0.1) is 0 Å². The van der Waals surface area contributed by atoms with Crippen molar-refractivity contribution in [3.8, 4) is 0 Å². The Bertz CT molecular complexity index is 1150. The number of rotatable bonds is 5. The summed E-state index contributed by atoms with van der Waals surface area (Å²) >= 11 is 0. The predicted octanol–water partition coefficient (Wildman–Crippen LogP) is 2.26. The normalized spacial score (nSPS) is 16.2. The van der Waals surface area contributed by atoms with Crippen molar-refractivity contribution in [1.29, 1.82) is 5.41 Å². The molecule has 5 N–H and O–H groups in total. The average Bonchev–Trinajstić information content (AvgIpc) is 3.31. The van der Waals surface area contributed by atoms with Gasteiger partial charge < -0.3 is 20.9 Å². The molecule has 0 spiro atoms. The van der Waals surface area contributed by atoms with Crippen molar-refractivity contribution in [1.82, 2.24) is 9.47 Å². The quantitative estimate of drug-likeness (QED) is 0.445. The van der Waals surface area contributed by atoms with E-state index in [1.54, 1.807) is 42.5 Å². The molecule has 0 bridgehead atoms. The Morgan fingerprint density at radius 3 is 2.37 bits per heavy atom. The maximum absolute atomic E-state index is 13.7. The summed E-state index contributed by atoms with van der Waals surface area (Å²) < 4.78 is 15.5. The second kappa shape index (κ2) is 7.62. The molecule has 1 atom stereocenters. The summed E-state index contributed by atoms with van der Waals surface area (Å²) in [6.45, 7) is 0.831. The van der Waals surface area contributed by atoms with Crippen LogP contribution in [0.4, 0.5) is 4.39 Å². The molecule has 0 aliphatic carbocycles. The standard InChI is InChI=1S/C22H22FN5O2/c23-17-7-8-27(12-17)22(30)19-9-15-5-6-16(20(24)25)10-18(15)28(19)11-13-1-3-14(4-2-13)21(26)29/h1-6,9-10,17H,7-8,11-12H2,(H3,24,25)(H2,26,29)/t17-/m0/s1. The van der Waals surface area contributed by atoms with Crippen molar-refractivity contribution in [2.75, 3.05) is 13.1 Å². The fourth-order valence-corrected chi connectivity index (χ4v) is 3.79. The van der Waals surface area contributed by atoms with Crippen LogP contribution in [0.1, 0.15) is 38.4 Å². The van der Waals surface area contributed by atoms with Crippen LogP contribution in [0, 0.1) is 5.41 Å². The fourth-order valence-electron chi connectivity index (χ4n) is 3.79. The van der Waals surface area contributed by atoms with E-state index in [4.69, 9.17) is 16.9 Å². The van der Waals surface area contributed by atoms with Crippen molar-refractivity contribution in [2.45, 2.75) is 19.1 Å². The summed E-state index contributed by atoms with van der Waals surface area (Å²) in [5.41, 5.74) is 14.0. The first-order chi connectivity index (χ1) is 14.3. The lowest BCUT2D eigenvalue weighted by Crippen LogP contribution is -2.30. The van der Waals surface area contributed by atoms with Gasteiger partial charge in [-0.2, -0.15) is 0 Å². The molecule has 8 heteroatoms. The zero-order valence-electron chi connectivity index (χ0n) is 16.3. The van der Waals surface area contributed by atoms with Gasteiger partial charge in [0.05, 0.1) is 6.54 Å². The van der Waals surface area contributed by atoms with Gasteiger partial charge in [0, 0.05) is 35.1 Å². The van der Waals surface area contributed by atoms with Crippen molar-refractivity contribution in [3.05, 3.63) is 70.9 Å². The Morgan fingerprint density at radius 2 is 1.77 bits per heavy atom. The first kappa shape index (κ1) is 19.6. The van der Waals surface area contributed by atoms with Crippen LogP contribution in [0.5, 0.6) is 0 Å². The molecule has 1 aliphatic heterocycles. The van der Waals surface area contributed by atoms with E-state index in [1.807, 2.05) is 10.6 Å². The predicted molar refractivity (Wildman–Crippen MR) is 112 cm³/mol. The molecule has 154 valence electrons. The molecule has 0 unspecified atom stereocenters. The van der Waals surface area contributed by atoms with Gasteiger partial charge in [-0.1, -0.05) is 24.3 Å². The molecule has 1 fully saturated rings. The van der Waals surface area contributed by atoms with Crippen LogP contribution in [0.15, 0.2) is 48.5 Å². The number of hydrogen-bond donors (Lipinski definition) is 3. The largest absolute Gasteiger partial charge is 0.384 e. The van der Waals surface area contributed by atoms with Gasteiger partial charge >= 0.3 is 0 Å². The van der Waals surface area contributed by atoms with Crippen LogP contribution >= 0.6 is 0 Å². The Kier molecular flexibility index (Phi) is 4.99.